The first-order valence-corrected chi connectivity index (χ1v) is 12.7. The Balaban J connectivity index is 1.43. The maximum absolute atomic E-state index is 12.5. The molecule has 2 heterocycles. The normalized spacial score (nSPS) is 25.2. The van der Waals surface area contributed by atoms with Crippen LogP contribution >= 0.6 is 0 Å². The van der Waals surface area contributed by atoms with Crippen molar-refractivity contribution in [3.8, 4) is 0 Å². The Labute approximate surface area is 182 Å². The lowest BCUT2D eigenvalue weighted by molar-refractivity contribution is 0.0940. The molecule has 1 fully saturated rings. The summed E-state index contributed by atoms with van der Waals surface area (Å²) in [6.07, 6.45) is 3.02. The minimum absolute atomic E-state index is 0.0764. The molecular weight excluding hydrogens is 440 g/mol. The average Bonchev–Trinajstić information content (AvgIpc) is 3.33. The highest BCUT2D eigenvalue weighted by atomic mass is 32.2. The molecule has 2 bridgehead atoms. The minimum Gasteiger partial charge on any atom is -0.366 e. The van der Waals surface area contributed by atoms with E-state index in [-0.39, 0.29) is 47.0 Å². The van der Waals surface area contributed by atoms with E-state index in [1.807, 2.05) is 26.0 Å². The Morgan fingerprint density at radius 1 is 0.677 bits per heavy atom. The SMILES string of the molecule is Cc1ccc(S(=O)(=O)OC[C@@H]2[C@@H](COS(=O)(=O)c3ccc(C)cc3)[C@H]3C=C[C@H]2O3)cc1. The number of ether oxygens (including phenoxy) is 1. The molecule has 31 heavy (non-hydrogen) atoms. The fourth-order valence-electron chi connectivity index (χ4n) is 3.78. The highest BCUT2D eigenvalue weighted by molar-refractivity contribution is 7.87. The molecule has 2 aliphatic heterocycles. The number of rotatable bonds is 8. The summed E-state index contributed by atoms with van der Waals surface area (Å²) in [6.45, 7) is 3.48. The number of hydrogen-bond donors (Lipinski definition) is 0. The molecule has 166 valence electrons. The van der Waals surface area contributed by atoms with Crippen LogP contribution in [0, 0.1) is 25.7 Å². The lowest BCUT2D eigenvalue weighted by Crippen LogP contribution is -2.33. The summed E-state index contributed by atoms with van der Waals surface area (Å²) >= 11 is 0. The third kappa shape index (κ3) is 4.75. The van der Waals surface area contributed by atoms with E-state index in [4.69, 9.17) is 13.1 Å². The van der Waals surface area contributed by atoms with Gasteiger partial charge >= 0.3 is 0 Å². The first-order chi connectivity index (χ1) is 14.7. The van der Waals surface area contributed by atoms with Gasteiger partial charge in [-0.2, -0.15) is 16.8 Å². The summed E-state index contributed by atoms with van der Waals surface area (Å²) in [5.74, 6) is -0.688. The van der Waals surface area contributed by atoms with Crippen LogP contribution in [0.3, 0.4) is 0 Å². The summed E-state index contributed by atoms with van der Waals surface area (Å²) in [4.78, 5) is 0.153. The van der Waals surface area contributed by atoms with Crippen molar-refractivity contribution in [1.82, 2.24) is 0 Å². The zero-order valence-electron chi connectivity index (χ0n) is 17.2. The number of hydrogen-bond acceptors (Lipinski definition) is 7. The van der Waals surface area contributed by atoms with Crippen LogP contribution in [0.5, 0.6) is 0 Å². The van der Waals surface area contributed by atoms with Crippen molar-refractivity contribution in [3.63, 3.8) is 0 Å². The van der Waals surface area contributed by atoms with Gasteiger partial charge in [0.05, 0.1) is 35.2 Å². The van der Waals surface area contributed by atoms with Gasteiger partial charge in [-0.05, 0) is 38.1 Å². The molecular formula is C22H24O7S2. The Morgan fingerprint density at radius 2 is 1.03 bits per heavy atom. The van der Waals surface area contributed by atoms with E-state index >= 15 is 0 Å². The molecule has 9 heteroatoms. The lowest BCUT2D eigenvalue weighted by atomic mass is 9.84. The van der Waals surface area contributed by atoms with E-state index in [0.29, 0.717) is 0 Å². The van der Waals surface area contributed by atoms with Crippen molar-refractivity contribution in [2.75, 3.05) is 13.2 Å². The predicted octanol–water partition coefficient (Wildman–Crippen LogP) is 2.98. The highest BCUT2D eigenvalue weighted by Gasteiger charge is 2.47. The second-order valence-electron chi connectivity index (χ2n) is 7.88. The Bertz CT molecular complexity index is 1070. The fraction of sp³-hybridized carbons (Fsp3) is 0.364. The van der Waals surface area contributed by atoms with E-state index in [2.05, 4.69) is 0 Å². The molecule has 0 aliphatic carbocycles. The van der Waals surface area contributed by atoms with E-state index in [0.717, 1.165) is 11.1 Å². The Kier molecular flexibility index (Phi) is 6.06. The molecule has 2 aliphatic rings. The third-order valence-electron chi connectivity index (χ3n) is 5.65. The monoisotopic (exact) mass is 464 g/mol. The van der Waals surface area contributed by atoms with E-state index in [9.17, 15) is 16.8 Å². The molecule has 2 aromatic rings. The van der Waals surface area contributed by atoms with Crippen molar-refractivity contribution >= 4 is 20.2 Å². The summed E-state index contributed by atoms with van der Waals surface area (Å²) in [5.41, 5.74) is 1.88. The molecule has 0 spiro atoms. The fourth-order valence-corrected chi connectivity index (χ4v) is 5.67. The molecule has 0 radical (unpaired) electrons. The van der Waals surface area contributed by atoms with Crippen LogP contribution in [0.25, 0.3) is 0 Å². The van der Waals surface area contributed by atoms with Gasteiger partial charge < -0.3 is 4.74 Å². The quantitative estimate of drug-likeness (QED) is 0.438. The topological polar surface area (TPSA) is 96.0 Å². The summed E-state index contributed by atoms with van der Waals surface area (Å²) < 4.78 is 66.6. The van der Waals surface area contributed by atoms with Gasteiger partial charge in [0.15, 0.2) is 0 Å². The number of fused-ring (bicyclic) bond motifs is 2. The van der Waals surface area contributed by atoms with E-state index in [1.165, 1.54) is 24.3 Å². The van der Waals surface area contributed by atoms with Gasteiger partial charge in [-0.15, -0.1) is 0 Å². The standard InChI is InChI=1S/C22H24O7S2/c1-15-3-7-17(8-4-15)30(23,24)27-13-19-20(22-12-11-21(19)29-22)14-28-31(25,26)18-9-5-16(2)6-10-18/h3-12,19-22H,13-14H2,1-2H3/t19-,20-,21-,22-/m1/s1. The van der Waals surface area contributed by atoms with E-state index < -0.39 is 20.2 Å². The van der Waals surface area contributed by atoms with Crippen LogP contribution in [0.4, 0.5) is 0 Å². The Morgan fingerprint density at radius 3 is 1.39 bits per heavy atom. The maximum Gasteiger partial charge on any atom is 0.296 e. The van der Waals surface area contributed by atoms with Gasteiger partial charge in [0.25, 0.3) is 20.2 Å². The predicted molar refractivity (Wildman–Crippen MR) is 113 cm³/mol. The molecule has 4 rings (SSSR count). The maximum atomic E-state index is 12.5. The van der Waals surface area contributed by atoms with E-state index in [1.54, 1.807) is 24.3 Å². The van der Waals surface area contributed by atoms with Gasteiger partial charge in [0.2, 0.25) is 0 Å². The van der Waals surface area contributed by atoms with Gasteiger partial charge in [-0.25, -0.2) is 0 Å². The van der Waals surface area contributed by atoms with Crippen LogP contribution < -0.4 is 0 Å². The van der Waals surface area contributed by atoms with Crippen LogP contribution in [-0.2, 0) is 33.3 Å². The minimum atomic E-state index is -3.93. The van der Waals surface area contributed by atoms with Crippen LogP contribution in [0.15, 0.2) is 70.5 Å². The molecule has 0 N–H and O–H groups in total. The molecule has 0 aromatic heterocycles. The largest absolute Gasteiger partial charge is 0.366 e. The van der Waals surface area contributed by atoms with Crippen LogP contribution in [-0.4, -0.2) is 42.3 Å². The smallest absolute Gasteiger partial charge is 0.296 e. The average molecular weight is 465 g/mol. The first-order valence-electron chi connectivity index (χ1n) is 9.92. The summed E-state index contributed by atoms with van der Waals surface area (Å²) in [7, 11) is -7.87. The second kappa shape index (κ2) is 8.48. The molecule has 0 amide bonds. The lowest BCUT2D eigenvalue weighted by Gasteiger charge is -2.24. The summed E-state index contributed by atoms with van der Waals surface area (Å²) in [5, 5.41) is 0. The van der Waals surface area contributed by atoms with Crippen molar-refractivity contribution in [1.29, 1.82) is 0 Å². The van der Waals surface area contributed by atoms with Gasteiger partial charge in [-0.3, -0.25) is 8.37 Å². The van der Waals surface area contributed by atoms with Crippen molar-refractivity contribution < 1.29 is 29.9 Å². The van der Waals surface area contributed by atoms with Gasteiger partial charge in [0, 0.05) is 11.8 Å². The van der Waals surface area contributed by atoms with Crippen molar-refractivity contribution in [3.05, 3.63) is 71.8 Å². The highest BCUT2D eigenvalue weighted by Crippen LogP contribution is 2.40. The number of benzene rings is 2. The molecule has 2 aromatic carbocycles. The molecule has 0 saturated carbocycles. The van der Waals surface area contributed by atoms with Crippen LogP contribution in [0.1, 0.15) is 11.1 Å². The molecule has 7 nitrogen and oxygen atoms in total. The summed E-state index contributed by atoms with van der Waals surface area (Å²) in [6, 6.07) is 12.8. The number of aryl methyl sites for hydroxylation is 2. The third-order valence-corrected chi connectivity index (χ3v) is 8.24. The zero-order valence-corrected chi connectivity index (χ0v) is 18.8. The second-order valence-corrected chi connectivity index (χ2v) is 11.1. The molecule has 1 saturated heterocycles. The van der Waals surface area contributed by atoms with Gasteiger partial charge in [0.1, 0.15) is 0 Å². The van der Waals surface area contributed by atoms with Gasteiger partial charge in [-0.1, -0.05) is 47.5 Å². The molecule has 0 unspecified atom stereocenters. The first kappa shape index (κ1) is 22.2. The van der Waals surface area contributed by atoms with Crippen molar-refractivity contribution in [2.45, 2.75) is 35.8 Å². The molecule has 4 atom stereocenters. The Hall–Kier alpha value is -2.04. The van der Waals surface area contributed by atoms with Crippen molar-refractivity contribution in [2.24, 2.45) is 11.8 Å². The van der Waals surface area contributed by atoms with Crippen LogP contribution in [0.2, 0.25) is 0 Å². The zero-order chi connectivity index (χ0) is 22.2.